The van der Waals surface area contributed by atoms with Gasteiger partial charge in [-0.15, -0.1) is 0 Å². The predicted octanol–water partition coefficient (Wildman–Crippen LogP) is 3.54. The molecule has 29 heavy (non-hydrogen) atoms. The van der Waals surface area contributed by atoms with E-state index in [1.807, 2.05) is 0 Å². The second-order valence-corrected chi connectivity index (χ2v) is 9.49. The molecule has 1 aromatic heterocycles. The Kier molecular flexibility index (Phi) is 5.92. The molecule has 1 unspecified atom stereocenters. The molecule has 3 rings (SSSR count). The molecular formula is C18H23F4N3O3S. The Bertz CT molecular complexity index is 869. The highest BCUT2D eigenvalue weighted by atomic mass is 32.2. The summed E-state index contributed by atoms with van der Waals surface area (Å²) in [4.78, 5) is 16.4. The lowest BCUT2D eigenvalue weighted by atomic mass is 9.66. The molecule has 2 aliphatic rings. The van der Waals surface area contributed by atoms with Crippen LogP contribution in [0.5, 0.6) is 0 Å². The first-order valence-electron chi connectivity index (χ1n) is 9.42. The minimum Gasteiger partial charge on any atom is -0.326 e. The molecule has 0 aliphatic heterocycles. The number of alkyl halides is 4. The van der Waals surface area contributed by atoms with E-state index in [1.54, 1.807) is 0 Å². The van der Waals surface area contributed by atoms with Crippen LogP contribution in [0.25, 0.3) is 0 Å². The molecule has 162 valence electrons. The van der Waals surface area contributed by atoms with Crippen LogP contribution in [-0.2, 0) is 14.8 Å². The van der Waals surface area contributed by atoms with Gasteiger partial charge in [-0.3, -0.25) is 4.79 Å². The zero-order valence-corrected chi connectivity index (χ0v) is 16.4. The van der Waals surface area contributed by atoms with E-state index in [4.69, 9.17) is 5.14 Å². The molecule has 2 saturated carbocycles. The van der Waals surface area contributed by atoms with Crippen molar-refractivity contribution < 1.29 is 30.8 Å². The molecule has 0 aromatic carbocycles. The molecule has 1 aromatic rings. The number of carbonyl (C=O) groups excluding carboxylic acids is 1. The molecule has 3 N–H and O–H groups in total. The van der Waals surface area contributed by atoms with Crippen molar-refractivity contribution >= 4 is 21.6 Å². The Morgan fingerprint density at radius 1 is 1.10 bits per heavy atom. The quantitative estimate of drug-likeness (QED) is 0.704. The van der Waals surface area contributed by atoms with E-state index in [1.165, 1.54) is 6.07 Å². The predicted molar refractivity (Wildman–Crippen MR) is 96.9 cm³/mol. The fourth-order valence-electron chi connectivity index (χ4n) is 4.37. The first-order valence-corrected chi connectivity index (χ1v) is 11.0. The van der Waals surface area contributed by atoms with E-state index in [9.17, 15) is 30.8 Å². The van der Waals surface area contributed by atoms with Crippen LogP contribution in [0.1, 0.15) is 44.9 Å². The number of nitrogens with zero attached hydrogens (tertiary/aromatic N) is 1. The highest BCUT2D eigenvalue weighted by molar-refractivity contribution is 7.89. The lowest BCUT2D eigenvalue weighted by Crippen LogP contribution is -2.43. The van der Waals surface area contributed by atoms with Crippen LogP contribution in [0, 0.1) is 17.8 Å². The number of pyridine rings is 1. The van der Waals surface area contributed by atoms with E-state index in [0.29, 0.717) is 0 Å². The molecule has 0 radical (unpaired) electrons. The maximum atomic E-state index is 14.0. The smallest absolute Gasteiger partial charge is 0.255 e. The molecule has 2 aliphatic carbocycles. The summed E-state index contributed by atoms with van der Waals surface area (Å²) in [5.41, 5.74) is 0.0665. The van der Waals surface area contributed by atoms with Crippen LogP contribution >= 0.6 is 0 Å². The molecule has 2 atom stereocenters. The van der Waals surface area contributed by atoms with Crippen LogP contribution in [0.3, 0.4) is 0 Å². The SMILES string of the molecule is NS(=O)(=O)c1cc(NC(=O)C2CC(F)(F)CC[C@@H]2C2CCC(F)(F)CC2)ccn1. The third-order valence-electron chi connectivity index (χ3n) is 5.88. The van der Waals surface area contributed by atoms with Crippen LogP contribution in [-0.4, -0.2) is 31.2 Å². The van der Waals surface area contributed by atoms with Crippen molar-refractivity contribution in [1.82, 2.24) is 4.98 Å². The second-order valence-electron chi connectivity index (χ2n) is 7.98. The second kappa shape index (κ2) is 7.82. The summed E-state index contributed by atoms with van der Waals surface area (Å²) >= 11 is 0. The van der Waals surface area contributed by atoms with Crippen molar-refractivity contribution in [2.45, 2.75) is 61.8 Å². The van der Waals surface area contributed by atoms with E-state index in [2.05, 4.69) is 10.3 Å². The number of sulfonamides is 1. The Morgan fingerprint density at radius 2 is 1.72 bits per heavy atom. The number of nitrogens with one attached hydrogen (secondary N) is 1. The van der Waals surface area contributed by atoms with Crippen molar-refractivity contribution in [2.24, 2.45) is 22.9 Å². The van der Waals surface area contributed by atoms with Gasteiger partial charge in [-0.2, -0.15) is 0 Å². The summed E-state index contributed by atoms with van der Waals surface area (Å²) in [6, 6.07) is 2.37. The van der Waals surface area contributed by atoms with Crippen LogP contribution in [0.15, 0.2) is 23.4 Å². The number of aromatic nitrogens is 1. The Labute approximate surface area is 166 Å². The summed E-state index contributed by atoms with van der Waals surface area (Å²) in [6.45, 7) is 0. The van der Waals surface area contributed by atoms with Gasteiger partial charge in [-0.1, -0.05) is 0 Å². The van der Waals surface area contributed by atoms with Gasteiger partial charge in [0.25, 0.3) is 10.0 Å². The van der Waals surface area contributed by atoms with Crippen LogP contribution in [0.4, 0.5) is 23.2 Å². The fourth-order valence-corrected chi connectivity index (χ4v) is 4.87. The standard InChI is InChI=1S/C18H23F4N3O3S/c19-17(20)5-1-11(2-6-17)13-3-7-18(21,22)10-14(13)16(26)25-12-4-8-24-15(9-12)29(23,27)28/h4,8-9,11,13-14H,1-3,5-7,10H2,(H2,23,27,28)(H,24,25,26)/t13-,14?/m1/s1. The molecule has 1 amide bonds. The molecule has 2 fully saturated rings. The number of halogens is 4. The fraction of sp³-hybridized carbons (Fsp3) is 0.667. The van der Waals surface area contributed by atoms with E-state index >= 15 is 0 Å². The number of amides is 1. The third kappa shape index (κ3) is 5.44. The number of carbonyl (C=O) groups is 1. The van der Waals surface area contributed by atoms with Gasteiger partial charge in [-0.25, -0.2) is 36.1 Å². The number of nitrogens with two attached hydrogens (primary N) is 1. The number of rotatable bonds is 4. The van der Waals surface area contributed by atoms with Gasteiger partial charge in [0.15, 0.2) is 5.03 Å². The molecule has 1 heterocycles. The minimum absolute atomic E-state index is 0.0665. The maximum Gasteiger partial charge on any atom is 0.255 e. The molecule has 0 spiro atoms. The van der Waals surface area contributed by atoms with Gasteiger partial charge >= 0.3 is 0 Å². The zero-order valence-electron chi connectivity index (χ0n) is 15.6. The summed E-state index contributed by atoms with van der Waals surface area (Å²) in [6.07, 6.45) is -0.0497. The summed E-state index contributed by atoms with van der Waals surface area (Å²) in [7, 11) is -4.10. The molecular weight excluding hydrogens is 414 g/mol. The Morgan fingerprint density at radius 3 is 2.34 bits per heavy atom. The number of primary sulfonamides is 1. The molecule has 6 nitrogen and oxygen atoms in total. The number of anilines is 1. The van der Waals surface area contributed by atoms with Crippen molar-refractivity contribution in [2.75, 3.05) is 5.32 Å². The van der Waals surface area contributed by atoms with Gasteiger partial charge in [-0.05, 0) is 37.2 Å². The average Bonchev–Trinajstić information content (AvgIpc) is 2.61. The van der Waals surface area contributed by atoms with Gasteiger partial charge in [0, 0.05) is 49.6 Å². The first-order chi connectivity index (χ1) is 13.4. The average molecular weight is 437 g/mol. The van der Waals surface area contributed by atoms with Crippen LogP contribution < -0.4 is 10.5 Å². The monoisotopic (exact) mass is 437 g/mol. The number of hydrogen-bond donors (Lipinski definition) is 2. The molecule has 0 saturated heterocycles. The van der Waals surface area contributed by atoms with E-state index in [-0.39, 0.29) is 50.1 Å². The minimum atomic E-state index is -4.10. The van der Waals surface area contributed by atoms with Gasteiger partial charge in [0.05, 0.1) is 0 Å². The topological polar surface area (TPSA) is 102 Å². The van der Waals surface area contributed by atoms with Crippen LogP contribution in [0.2, 0.25) is 0 Å². The Balaban J connectivity index is 1.78. The lowest BCUT2D eigenvalue weighted by molar-refractivity contribution is -0.136. The maximum absolute atomic E-state index is 14.0. The Hall–Kier alpha value is -1.75. The lowest BCUT2D eigenvalue weighted by Gasteiger charge is -2.42. The summed E-state index contributed by atoms with van der Waals surface area (Å²) in [5.74, 6) is -8.14. The largest absolute Gasteiger partial charge is 0.326 e. The van der Waals surface area contributed by atoms with E-state index < -0.39 is 51.1 Å². The zero-order chi connectivity index (χ0) is 21.4. The van der Waals surface area contributed by atoms with Crippen molar-refractivity contribution in [3.63, 3.8) is 0 Å². The molecule has 0 bridgehead atoms. The van der Waals surface area contributed by atoms with Crippen molar-refractivity contribution in [3.8, 4) is 0 Å². The van der Waals surface area contributed by atoms with Gasteiger partial charge in [0.2, 0.25) is 17.8 Å². The highest BCUT2D eigenvalue weighted by Crippen LogP contribution is 2.49. The number of hydrogen-bond acceptors (Lipinski definition) is 4. The third-order valence-corrected chi connectivity index (χ3v) is 6.68. The van der Waals surface area contributed by atoms with Crippen molar-refractivity contribution in [1.29, 1.82) is 0 Å². The van der Waals surface area contributed by atoms with E-state index in [0.717, 1.165) is 12.3 Å². The molecule has 11 heteroatoms. The summed E-state index contributed by atoms with van der Waals surface area (Å²) in [5, 5.41) is 7.02. The normalized spacial score (nSPS) is 27.3. The highest BCUT2D eigenvalue weighted by Gasteiger charge is 2.48. The van der Waals surface area contributed by atoms with Gasteiger partial charge in [0.1, 0.15) is 0 Å². The first kappa shape index (κ1) is 21.9. The van der Waals surface area contributed by atoms with Gasteiger partial charge < -0.3 is 5.32 Å². The summed E-state index contributed by atoms with van der Waals surface area (Å²) < 4.78 is 77.8. The van der Waals surface area contributed by atoms with Crippen molar-refractivity contribution in [3.05, 3.63) is 18.3 Å².